The lowest BCUT2D eigenvalue weighted by atomic mass is 9.82. The normalized spacial score (nSPS) is 11.2. The van der Waals surface area contributed by atoms with Crippen molar-refractivity contribution in [2.75, 3.05) is 0 Å². The second-order valence-corrected chi connectivity index (χ2v) is 14.3. The van der Waals surface area contributed by atoms with Gasteiger partial charge in [0.05, 0.1) is 0 Å². The van der Waals surface area contributed by atoms with E-state index in [1.165, 1.54) is 100 Å². The summed E-state index contributed by atoms with van der Waals surface area (Å²) in [5, 5.41) is 0. The molecule has 0 heterocycles. The molecule has 262 valence electrons. The van der Waals surface area contributed by atoms with Crippen molar-refractivity contribution in [1.29, 1.82) is 0 Å². The molecule has 0 nitrogen and oxygen atoms in total. The van der Waals surface area contributed by atoms with Crippen LogP contribution in [0.15, 0.2) is 231 Å². The van der Waals surface area contributed by atoms with Gasteiger partial charge in [-0.2, -0.15) is 0 Å². The minimum atomic E-state index is 1.20. The molecule has 10 rings (SSSR count). The van der Waals surface area contributed by atoms with Crippen LogP contribution < -0.4 is 0 Å². The Hall–Kier alpha value is -7.28. The maximum Gasteiger partial charge on any atom is -0.00137 e. The van der Waals surface area contributed by atoms with Gasteiger partial charge in [-0.05, 0) is 112 Å². The van der Waals surface area contributed by atoms with Gasteiger partial charge in [-0.25, -0.2) is 0 Å². The Morgan fingerprint density at radius 3 is 0.643 bits per heavy atom. The van der Waals surface area contributed by atoms with E-state index in [-0.39, 0.29) is 0 Å². The van der Waals surface area contributed by atoms with Gasteiger partial charge in [0.25, 0.3) is 0 Å². The lowest BCUT2D eigenvalue weighted by Gasteiger charge is -2.20. The van der Waals surface area contributed by atoms with Gasteiger partial charge >= 0.3 is 0 Å². The Morgan fingerprint density at radius 1 is 0.143 bits per heavy atom. The number of hydrogen-bond donors (Lipinski definition) is 0. The van der Waals surface area contributed by atoms with Gasteiger partial charge in [0, 0.05) is 0 Å². The fraction of sp³-hybridized carbons (Fsp3) is 0. The number of benzene rings is 6. The Labute approximate surface area is 329 Å². The third kappa shape index (κ3) is 5.89. The molecule has 56 heavy (non-hydrogen) atoms. The van der Waals surface area contributed by atoms with E-state index in [4.69, 9.17) is 0 Å². The predicted molar refractivity (Wildman–Crippen MR) is 238 cm³/mol. The molecular formula is C56H38. The van der Waals surface area contributed by atoms with Gasteiger partial charge < -0.3 is 0 Å². The second-order valence-electron chi connectivity index (χ2n) is 14.3. The highest BCUT2D eigenvalue weighted by Gasteiger charge is 2.30. The zero-order chi connectivity index (χ0) is 37.3. The predicted octanol–water partition coefficient (Wildman–Crippen LogP) is 15.6. The van der Waals surface area contributed by atoms with Crippen LogP contribution in [0.5, 0.6) is 0 Å². The molecule has 0 atom stereocenters. The molecular weight excluding hydrogens is 673 g/mol. The fourth-order valence-electron chi connectivity index (χ4n) is 8.63. The van der Waals surface area contributed by atoms with E-state index in [1.54, 1.807) is 0 Å². The van der Waals surface area contributed by atoms with E-state index in [0.717, 1.165) is 0 Å². The molecule has 0 aliphatic heterocycles. The van der Waals surface area contributed by atoms with Crippen LogP contribution in [-0.4, -0.2) is 0 Å². The average molecular weight is 711 g/mol. The van der Waals surface area contributed by atoms with E-state index in [1.807, 2.05) is 0 Å². The van der Waals surface area contributed by atoms with Crippen LogP contribution in [0.25, 0.3) is 100 Å². The van der Waals surface area contributed by atoms with Crippen molar-refractivity contribution in [2.45, 2.75) is 0 Å². The quantitative estimate of drug-likeness (QED) is 0.154. The fourth-order valence-corrected chi connectivity index (χ4v) is 8.63. The highest BCUT2D eigenvalue weighted by Crippen LogP contribution is 2.57. The summed E-state index contributed by atoms with van der Waals surface area (Å²) in [4.78, 5) is 0. The molecule has 0 saturated carbocycles. The van der Waals surface area contributed by atoms with Crippen LogP contribution in [0.4, 0.5) is 0 Å². The van der Waals surface area contributed by atoms with E-state index in [2.05, 4.69) is 231 Å². The molecule has 0 aromatic heterocycles. The third-order valence-electron chi connectivity index (χ3n) is 11.1. The van der Waals surface area contributed by atoms with Crippen LogP contribution in [0.1, 0.15) is 0 Å². The number of hydrogen-bond acceptors (Lipinski definition) is 0. The average Bonchev–Trinajstić information content (AvgIpc) is 3.56. The topological polar surface area (TPSA) is 0 Å². The van der Waals surface area contributed by atoms with Gasteiger partial charge in [-0.1, -0.05) is 218 Å². The van der Waals surface area contributed by atoms with Gasteiger partial charge in [0.1, 0.15) is 0 Å². The molecule has 0 spiro atoms. The molecule has 0 N–H and O–H groups in total. The first-order chi connectivity index (χ1) is 27.8. The second kappa shape index (κ2) is 14.5. The van der Waals surface area contributed by atoms with Crippen molar-refractivity contribution in [3.05, 3.63) is 231 Å². The van der Waals surface area contributed by atoms with Crippen LogP contribution in [-0.2, 0) is 0 Å². The standard InChI is InChI=1S/C56H38/c1-7-21-39(22-8-1)45-33-19-34-46(40-23-9-2-10-24-40)53(45)51-37-43-29-15-5-17-31-49(43)55(51)56-50-32-18-6-16-30-44(50)38-52(56)54-47(41-25-11-3-12-26-41)35-20-36-48(54)42-27-13-4-14-28-42/h1-38H. The SMILES string of the molecule is c1ccc(-c2cccc(-c3ccccc3)c2-c2cc3cccccc-3c2-c2c3cccccc-3cc2-c2c(-c3ccccc3)cccc2-c2ccccc2)cc1. The maximum absolute atomic E-state index is 2.44. The van der Waals surface area contributed by atoms with E-state index in [0.29, 0.717) is 0 Å². The van der Waals surface area contributed by atoms with Crippen LogP contribution in [0.3, 0.4) is 0 Å². The molecule has 6 aromatic carbocycles. The van der Waals surface area contributed by atoms with Crippen molar-refractivity contribution < 1.29 is 0 Å². The Kier molecular flexibility index (Phi) is 8.63. The summed E-state index contributed by atoms with van der Waals surface area (Å²) in [6.07, 6.45) is 0. The molecule has 0 unspecified atom stereocenters. The minimum absolute atomic E-state index is 1.20. The molecule has 4 aliphatic carbocycles. The highest BCUT2D eigenvalue weighted by atomic mass is 14.3. The Bertz CT molecular complexity index is 2550. The summed E-state index contributed by atoms with van der Waals surface area (Å²) in [6.45, 7) is 0. The molecule has 0 saturated heterocycles. The van der Waals surface area contributed by atoms with Crippen molar-refractivity contribution >= 4 is 0 Å². The molecule has 0 radical (unpaired) electrons. The molecule has 6 aromatic rings. The summed E-state index contributed by atoms with van der Waals surface area (Å²) >= 11 is 0. The largest absolute Gasteiger partial charge is 0.0622 e. The molecule has 0 amide bonds. The van der Waals surface area contributed by atoms with E-state index in [9.17, 15) is 0 Å². The maximum atomic E-state index is 2.44. The summed E-state index contributed by atoms with van der Waals surface area (Å²) in [5.74, 6) is 0. The highest BCUT2D eigenvalue weighted by molar-refractivity contribution is 6.15. The number of rotatable bonds is 7. The lowest BCUT2D eigenvalue weighted by Crippen LogP contribution is -1.94. The summed E-state index contributed by atoms with van der Waals surface area (Å²) in [5.41, 5.74) is 21.9. The summed E-state index contributed by atoms with van der Waals surface area (Å²) < 4.78 is 0. The third-order valence-corrected chi connectivity index (χ3v) is 11.1. The Balaban J connectivity index is 1.38. The van der Waals surface area contributed by atoms with Crippen molar-refractivity contribution in [3.8, 4) is 100 Å². The van der Waals surface area contributed by atoms with Crippen LogP contribution in [0.2, 0.25) is 0 Å². The van der Waals surface area contributed by atoms with Crippen molar-refractivity contribution in [1.82, 2.24) is 0 Å². The first-order valence-electron chi connectivity index (χ1n) is 19.4. The first kappa shape index (κ1) is 33.3. The van der Waals surface area contributed by atoms with Gasteiger partial charge in [0.15, 0.2) is 0 Å². The number of fused-ring (bicyclic) bond motifs is 2. The summed E-state index contributed by atoms with van der Waals surface area (Å²) in [7, 11) is 0. The molecule has 0 heteroatoms. The van der Waals surface area contributed by atoms with Gasteiger partial charge in [-0.15, -0.1) is 0 Å². The summed E-state index contributed by atoms with van der Waals surface area (Å²) in [6, 6.07) is 84.1. The monoisotopic (exact) mass is 710 g/mol. The molecule has 0 bridgehead atoms. The smallest absolute Gasteiger partial charge is 0.00137 e. The van der Waals surface area contributed by atoms with Crippen LogP contribution in [0, 0.1) is 0 Å². The minimum Gasteiger partial charge on any atom is -0.0622 e. The molecule has 0 fully saturated rings. The zero-order valence-corrected chi connectivity index (χ0v) is 30.9. The van der Waals surface area contributed by atoms with Gasteiger partial charge in [-0.3, -0.25) is 0 Å². The first-order valence-corrected chi connectivity index (χ1v) is 19.4. The van der Waals surface area contributed by atoms with Crippen molar-refractivity contribution in [2.24, 2.45) is 0 Å². The van der Waals surface area contributed by atoms with E-state index >= 15 is 0 Å². The van der Waals surface area contributed by atoms with Crippen LogP contribution >= 0.6 is 0 Å². The Morgan fingerprint density at radius 2 is 0.357 bits per heavy atom. The zero-order valence-electron chi connectivity index (χ0n) is 30.9. The van der Waals surface area contributed by atoms with Crippen molar-refractivity contribution in [3.63, 3.8) is 0 Å². The molecule has 4 aliphatic rings. The van der Waals surface area contributed by atoms with Gasteiger partial charge in [0.2, 0.25) is 0 Å². The lowest BCUT2D eigenvalue weighted by molar-refractivity contribution is 1.56. The van der Waals surface area contributed by atoms with E-state index < -0.39 is 0 Å².